The predicted molar refractivity (Wildman–Crippen MR) is 97.3 cm³/mol. The van der Waals surface area contributed by atoms with E-state index in [1.165, 1.54) is 31.4 Å². The van der Waals surface area contributed by atoms with Gasteiger partial charge < -0.3 is 14.4 Å². The SMILES string of the molecule is COC(=O)c1ccccc1C(=O)c1ccc(N2CCOCC2)c([N+](=O)[O-])c1. The number of ether oxygens (including phenoxy) is 2. The number of hydrogen-bond donors (Lipinski definition) is 0. The van der Waals surface area contributed by atoms with Crippen LogP contribution in [0.3, 0.4) is 0 Å². The number of benzene rings is 2. The summed E-state index contributed by atoms with van der Waals surface area (Å²) in [6.45, 7) is 2.06. The maximum atomic E-state index is 12.9. The molecule has 0 N–H and O–H groups in total. The molecule has 0 radical (unpaired) electrons. The number of nitrogens with zero attached hydrogens (tertiary/aromatic N) is 2. The van der Waals surface area contributed by atoms with Crippen molar-refractivity contribution in [2.75, 3.05) is 38.3 Å². The van der Waals surface area contributed by atoms with Crippen LogP contribution in [0.2, 0.25) is 0 Å². The average molecular weight is 370 g/mol. The van der Waals surface area contributed by atoms with Crippen molar-refractivity contribution in [1.29, 1.82) is 0 Å². The van der Waals surface area contributed by atoms with Crippen molar-refractivity contribution >= 4 is 23.1 Å². The Bertz CT molecular complexity index is 890. The summed E-state index contributed by atoms with van der Waals surface area (Å²) in [7, 11) is 1.23. The Balaban J connectivity index is 2.00. The first-order valence-electron chi connectivity index (χ1n) is 8.36. The third kappa shape index (κ3) is 3.80. The number of nitro groups is 1. The van der Waals surface area contributed by atoms with Gasteiger partial charge in [0.15, 0.2) is 5.78 Å². The number of morpholine rings is 1. The molecule has 1 aliphatic rings. The fourth-order valence-corrected chi connectivity index (χ4v) is 3.01. The van der Waals surface area contributed by atoms with Gasteiger partial charge in [0.25, 0.3) is 5.69 Å². The van der Waals surface area contributed by atoms with Gasteiger partial charge in [-0.3, -0.25) is 14.9 Å². The minimum absolute atomic E-state index is 0.116. The molecule has 27 heavy (non-hydrogen) atoms. The van der Waals surface area contributed by atoms with Crippen molar-refractivity contribution in [3.8, 4) is 0 Å². The Morgan fingerprint density at radius 3 is 2.41 bits per heavy atom. The maximum absolute atomic E-state index is 12.9. The molecule has 0 aromatic heterocycles. The summed E-state index contributed by atoms with van der Waals surface area (Å²) in [5.41, 5.74) is 0.678. The van der Waals surface area contributed by atoms with Gasteiger partial charge in [-0.25, -0.2) is 4.79 Å². The van der Waals surface area contributed by atoms with Crippen molar-refractivity contribution in [1.82, 2.24) is 0 Å². The molecule has 1 saturated heterocycles. The van der Waals surface area contributed by atoms with Crippen molar-refractivity contribution in [3.63, 3.8) is 0 Å². The lowest BCUT2D eigenvalue weighted by Crippen LogP contribution is -2.36. The first-order chi connectivity index (χ1) is 13.0. The molecule has 0 atom stereocenters. The van der Waals surface area contributed by atoms with E-state index in [1.807, 2.05) is 4.90 Å². The second kappa shape index (κ2) is 7.96. The van der Waals surface area contributed by atoms with Crippen LogP contribution in [0.5, 0.6) is 0 Å². The minimum atomic E-state index is -0.640. The Morgan fingerprint density at radius 2 is 1.78 bits per heavy atom. The zero-order valence-corrected chi connectivity index (χ0v) is 14.7. The van der Waals surface area contributed by atoms with E-state index in [-0.39, 0.29) is 22.4 Å². The van der Waals surface area contributed by atoms with Crippen LogP contribution in [0.25, 0.3) is 0 Å². The summed E-state index contributed by atoms with van der Waals surface area (Å²) >= 11 is 0. The van der Waals surface area contributed by atoms with Crippen LogP contribution in [-0.4, -0.2) is 50.1 Å². The van der Waals surface area contributed by atoms with Crippen LogP contribution in [0.1, 0.15) is 26.3 Å². The molecule has 8 heteroatoms. The van der Waals surface area contributed by atoms with Crippen LogP contribution in [0.15, 0.2) is 42.5 Å². The zero-order chi connectivity index (χ0) is 19.4. The Hall–Kier alpha value is -3.26. The van der Waals surface area contributed by atoms with Gasteiger partial charge in [-0.15, -0.1) is 0 Å². The molecule has 1 fully saturated rings. The molecule has 8 nitrogen and oxygen atoms in total. The third-order valence-corrected chi connectivity index (χ3v) is 4.36. The van der Waals surface area contributed by atoms with Gasteiger partial charge in [0.2, 0.25) is 0 Å². The molecule has 1 heterocycles. The molecular weight excluding hydrogens is 352 g/mol. The number of carbonyl (C=O) groups is 2. The minimum Gasteiger partial charge on any atom is -0.465 e. The molecule has 0 spiro atoms. The van der Waals surface area contributed by atoms with Crippen LogP contribution >= 0.6 is 0 Å². The lowest BCUT2D eigenvalue weighted by atomic mass is 9.97. The van der Waals surface area contributed by atoms with E-state index in [1.54, 1.807) is 18.2 Å². The highest BCUT2D eigenvalue weighted by Crippen LogP contribution is 2.31. The van der Waals surface area contributed by atoms with Gasteiger partial charge in [0, 0.05) is 30.3 Å². The van der Waals surface area contributed by atoms with Gasteiger partial charge in [-0.05, 0) is 18.2 Å². The highest BCUT2D eigenvalue weighted by atomic mass is 16.6. The Morgan fingerprint density at radius 1 is 1.11 bits per heavy atom. The van der Waals surface area contributed by atoms with E-state index in [2.05, 4.69) is 0 Å². The standard InChI is InChI=1S/C19H18N2O6/c1-26-19(23)15-5-3-2-4-14(15)18(22)13-6-7-16(17(12-13)21(24)25)20-8-10-27-11-9-20/h2-7,12H,8-11H2,1H3. The molecule has 2 aromatic carbocycles. The second-order valence-electron chi connectivity index (χ2n) is 5.93. The van der Waals surface area contributed by atoms with Crippen molar-refractivity contribution in [2.45, 2.75) is 0 Å². The zero-order valence-electron chi connectivity index (χ0n) is 14.7. The van der Waals surface area contributed by atoms with E-state index in [0.717, 1.165) is 0 Å². The van der Waals surface area contributed by atoms with Gasteiger partial charge in [-0.1, -0.05) is 18.2 Å². The summed E-state index contributed by atoms with van der Waals surface area (Å²) in [5.74, 6) is -1.12. The quantitative estimate of drug-likeness (QED) is 0.345. The normalized spacial score (nSPS) is 13.9. The average Bonchev–Trinajstić information content (AvgIpc) is 2.72. The summed E-state index contributed by atoms with van der Waals surface area (Å²) in [6.07, 6.45) is 0. The summed E-state index contributed by atoms with van der Waals surface area (Å²) in [5, 5.41) is 11.6. The number of nitro benzene ring substituents is 1. The van der Waals surface area contributed by atoms with E-state index >= 15 is 0 Å². The summed E-state index contributed by atoms with van der Waals surface area (Å²) in [4.78, 5) is 37.7. The third-order valence-electron chi connectivity index (χ3n) is 4.36. The highest BCUT2D eigenvalue weighted by molar-refractivity contribution is 6.14. The van der Waals surface area contributed by atoms with Gasteiger partial charge >= 0.3 is 5.97 Å². The number of anilines is 1. The van der Waals surface area contributed by atoms with Crippen LogP contribution in [0.4, 0.5) is 11.4 Å². The number of methoxy groups -OCH3 is 1. The summed E-state index contributed by atoms with van der Waals surface area (Å²) < 4.78 is 9.98. The highest BCUT2D eigenvalue weighted by Gasteiger charge is 2.25. The molecule has 0 amide bonds. The Labute approximate surface area is 155 Å². The van der Waals surface area contributed by atoms with E-state index in [4.69, 9.17) is 9.47 Å². The number of ketones is 1. The van der Waals surface area contributed by atoms with E-state index < -0.39 is 16.7 Å². The fourth-order valence-electron chi connectivity index (χ4n) is 3.01. The van der Waals surface area contributed by atoms with E-state index in [9.17, 15) is 19.7 Å². The van der Waals surface area contributed by atoms with Crippen molar-refractivity contribution in [3.05, 3.63) is 69.3 Å². The first kappa shape index (κ1) is 18.5. The first-order valence-corrected chi connectivity index (χ1v) is 8.36. The van der Waals surface area contributed by atoms with Gasteiger partial charge in [0.05, 0.1) is 30.8 Å². The number of esters is 1. The number of rotatable bonds is 5. The lowest BCUT2D eigenvalue weighted by Gasteiger charge is -2.28. The van der Waals surface area contributed by atoms with Crippen molar-refractivity contribution < 1.29 is 24.0 Å². The lowest BCUT2D eigenvalue weighted by molar-refractivity contribution is -0.384. The molecule has 3 rings (SSSR count). The Kier molecular flexibility index (Phi) is 5.46. The number of hydrogen-bond acceptors (Lipinski definition) is 7. The summed E-state index contributed by atoms with van der Waals surface area (Å²) in [6, 6.07) is 10.6. The van der Waals surface area contributed by atoms with E-state index in [0.29, 0.717) is 32.0 Å². The molecular formula is C19H18N2O6. The molecule has 0 bridgehead atoms. The van der Waals surface area contributed by atoms with Crippen LogP contribution < -0.4 is 4.90 Å². The molecule has 0 unspecified atom stereocenters. The molecule has 1 aliphatic heterocycles. The smallest absolute Gasteiger partial charge is 0.338 e. The number of carbonyl (C=O) groups excluding carboxylic acids is 2. The second-order valence-corrected chi connectivity index (χ2v) is 5.93. The molecule has 140 valence electrons. The van der Waals surface area contributed by atoms with Gasteiger partial charge in [-0.2, -0.15) is 0 Å². The van der Waals surface area contributed by atoms with Crippen molar-refractivity contribution in [2.24, 2.45) is 0 Å². The topological polar surface area (TPSA) is 99.0 Å². The van der Waals surface area contributed by atoms with Crippen LogP contribution in [-0.2, 0) is 9.47 Å². The molecule has 0 saturated carbocycles. The van der Waals surface area contributed by atoms with Gasteiger partial charge in [0.1, 0.15) is 5.69 Å². The monoisotopic (exact) mass is 370 g/mol. The molecule has 2 aromatic rings. The molecule has 0 aliphatic carbocycles. The van der Waals surface area contributed by atoms with Crippen LogP contribution in [0, 0.1) is 10.1 Å². The maximum Gasteiger partial charge on any atom is 0.338 e. The fraction of sp³-hybridized carbons (Fsp3) is 0.263. The largest absolute Gasteiger partial charge is 0.465 e. The predicted octanol–water partition coefficient (Wildman–Crippen LogP) is 2.45.